The Bertz CT molecular complexity index is 630. The van der Waals surface area contributed by atoms with Crippen molar-refractivity contribution in [2.45, 2.75) is 49.0 Å². The van der Waals surface area contributed by atoms with E-state index in [4.69, 9.17) is 0 Å². The van der Waals surface area contributed by atoms with Crippen LogP contribution in [0.4, 0.5) is 0 Å². The molecule has 108 valence electrons. The molecule has 2 saturated carbocycles. The summed E-state index contributed by atoms with van der Waals surface area (Å²) >= 11 is 0. The van der Waals surface area contributed by atoms with Gasteiger partial charge in [0.25, 0.3) is 0 Å². The standard InChI is InChI=1S/C16H21NO2S/c18-20(19)10-14(13-4-1-2-5-15(13)20)16(8-3-9-16)11-17-12-6-7-12/h1-2,4-5,12,14,17H,3,6-11H2. The molecule has 1 N–H and O–H groups in total. The molecule has 1 aromatic carbocycles. The normalized spacial score (nSPS) is 29.7. The minimum absolute atomic E-state index is 0.183. The fourth-order valence-corrected chi connectivity index (χ4v) is 5.88. The fourth-order valence-electron chi connectivity index (χ4n) is 3.87. The van der Waals surface area contributed by atoms with Crippen LogP contribution in [0.15, 0.2) is 29.2 Å². The summed E-state index contributed by atoms with van der Waals surface area (Å²) in [6, 6.07) is 8.33. The first-order valence-electron chi connectivity index (χ1n) is 7.66. The molecule has 1 heterocycles. The maximum Gasteiger partial charge on any atom is 0.179 e. The number of hydrogen-bond donors (Lipinski definition) is 1. The summed E-state index contributed by atoms with van der Waals surface area (Å²) in [7, 11) is -3.06. The molecule has 0 radical (unpaired) electrons. The number of rotatable bonds is 4. The lowest BCUT2D eigenvalue weighted by Gasteiger charge is -2.47. The Balaban J connectivity index is 1.67. The molecule has 20 heavy (non-hydrogen) atoms. The third kappa shape index (κ3) is 1.92. The SMILES string of the molecule is O=S1(=O)CC(C2(CNC3CC3)CCC2)c2ccccc21. The Kier molecular flexibility index (Phi) is 2.77. The molecule has 0 aromatic heterocycles. The number of fused-ring (bicyclic) bond motifs is 1. The van der Waals surface area contributed by atoms with Crippen molar-refractivity contribution in [2.75, 3.05) is 12.3 Å². The van der Waals surface area contributed by atoms with Gasteiger partial charge in [0.15, 0.2) is 9.84 Å². The van der Waals surface area contributed by atoms with E-state index >= 15 is 0 Å². The van der Waals surface area contributed by atoms with Crippen molar-refractivity contribution in [2.24, 2.45) is 5.41 Å². The van der Waals surface area contributed by atoms with E-state index in [1.54, 1.807) is 6.07 Å². The maximum absolute atomic E-state index is 12.4. The van der Waals surface area contributed by atoms with Gasteiger partial charge in [-0.2, -0.15) is 0 Å². The summed E-state index contributed by atoms with van der Waals surface area (Å²) in [4.78, 5) is 0.586. The molecular weight excluding hydrogens is 270 g/mol. The largest absolute Gasteiger partial charge is 0.313 e. The second kappa shape index (κ2) is 4.31. The lowest BCUT2D eigenvalue weighted by atomic mass is 9.60. The highest BCUT2D eigenvalue weighted by molar-refractivity contribution is 7.91. The highest BCUT2D eigenvalue weighted by Crippen LogP contribution is 2.55. The first kappa shape index (κ1) is 12.8. The highest BCUT2D eigenvalue weighted by Gasteiger charge is 2.50. The van der Waals surface area contributed by atoms with E-state index in [0.29, 0.717) is 16.7 Å². The smallest absolute Gasteiger partial charge is 0.179 e. The highest BCUT2D eigenvalue weighted by atomic mass is 32.2. The topological polar surface area (TPSA) is 46.2 Å². The maximum atomic E-state index is 12.4. The zero-order chi connectivity index (χ0) is 13.8. The van der Waals surface area contributed by atoms with Gasteiger partial charge in [-0.1, -0.05) is 24.6 Å². The van der Waals surface area contributed by atoms with E-state index in [-0.39, 0.29) is 11.3 Å². The van der Waals surface area contributed by atoms with Crippen molar-refractivity contribution < 1.29 is 8.42 Å². The van der Waals surface area contributed by atoms with Gasteiger partial charge in [0.1, 0.15) is 0 Å². The molecule has 1 unspecified atom stereocenters. The van der Waals surface area contributed by atoms with Gasteiger partial charge in [0.2, 0.25) is 0 Å². The molecule has 1 aromatic rings. The van der Waals surface area contributed by atoms with Gasteiger partial charge in [-0.3, -0.25) is 0 Å². The Hall–Kier alpha value is -0.870. The molecule has 0 amide bonds. The van der Waals surface area contributed by atoms with E-state index in [9.17, 15) is 8.42 Å². The van der Waals surface area contributed by atoms with Crippen LogP contribution in [0.5, 0.6) is 0 Å². The van der Waals surface area contributed by atoms with Crippen LogP contribution in [0.3, 0.4) is 0 Å². The summed E-state index contributed by atoms with van der Waals surface area (Å²) in [6.45, 7) is 0.992. The molecule has 3 aliphatic rings. The number of hydrogen-bond acceptors (Lipinski definition) is 3. The Morgan fingerprint density at radius 2 is 1.95 bits per heavy atom. The zero-order valence-corrected chi connectivity index (χ0v) is 12.5. The molecule has 1 aliphatic heterocycles. The zero-order valence-electron chi connectivity index (χ0n) is 11.6. The van der Waals surface area contributed by atoms with Crippen LogP contribution in [0.2, 0.25) is 0 Å². The van der Waals surface area contributed by atoms with Crippen molar-refractivity contribution >= 4 is 9.84 Å². The molecule has 0 saturated heterocycles. The monoisotopic (exact) mass is 291 g/mol. The van der Waals surface area contributed by atoms with Gasteiger partial charge >= 0.3 is 0 Å². The summed E-state index contributed by atoms with van der Waals surface area (Å²) in [5.74, 6) is 0.516. The van der Waals surface area contributed by atoms with Crippen LogP contribution in [0, 0.1) is 5.41 Å². The van der Waals surface area contributed by atoms with Crippen molar-refractivity contribution in [1.82, 2.24) is 5.32 Å². The molecule has 4 rings (SSSR count). The van der Waals surface area contributed by atoms with Crippen molar-refractivity contribution in [1.29, 1.82) is 0 Å². The molecule has 1 atom stereocenters. The summed E-state index contributed by atoms with van der Waals surface area (Å²) in [5.41, 5.74) is 1.26. The van der Waals surface area contributed by atoms with Gasteiger partial charge in [-0.05, 0) is 42.7 Å². The van der Waals surface area contributed by atoms with Gasteiger partial charge in [0, 0.05) is 18.5 Å². The van der Waals surface area contributed by atoms with E-state index in [1.807, 2.05) is 18.2 Å². The Morgan fingerprint density at radius 3 is 2.60 bits per heavy atom. The molecule has 3 nitrogen and oxygen atoms in total. The predicted molar refractivity (Wildman–Crippen MR) is 78.5 cm³/mol. The molecule has 0 bridgehead atoms. The summed E-state index contributed by atoms with van der Waals surface area (Å²) < 4.78 is 24.8. The van der Waals surface area contributed by atoms with Crippen LogP contribution in [0.1, 0.15) is 43.6 Å². The summed E-state index contributed by atoms with van der Waals surface area (Å²) in [6.07, 6.45) is 6.15. The van der Waals surface area contributed by atoms with Crippen LogP contribution < -0.4 is 5.32 Å². The molecule has 2 fully saturated rings. The molecule has 2 aliphatic carbocycles. The average molecular weight is 291 g/mol. The van der Waals surface area contributed by atoms with E-state index < -0.39 is 9.84 Å². The third-order valence-corrected chi connectivity index (χ3v) is 7.24. The molecular formula is C16H21NO2S. The Labute approximate surface area is 120 Å². The van der Waals surface area contributed by atoms with Crippen molar-refractivity contribution in [3.05, 3.63) is 29.8 Å². The molecule has 0 spiro atoms. The number of benzene rings is 1. The van der Waals surface area contributed by atoms with Gasteiger partial charge in [-0.15, -0.1) is 0 Å². The second-order valence-corrected chi connectivity index (χ2v) is 8.75. The second-order valence-electron chi connectivity index (χ2n) is 6.74. The van der Waals surface area contributed by atoms with Crippen LogP contribution in [-0.4, -0.2) is 26.8 Å². The van der Waals surface area contributed by atoms with E-state index in [2.05, 4.69) is 5.32 Å². The van der Waals surface area contributed by atoms with Crippen LogP contribution in [-0.2, 0) is 9.84 Å². The first-order chi connectivity index (χ1) is 9.61. The number of sulfone groups is 1. The van der Waals surface area contributed by atoms with Crippen LogP contribution >= 0.6 is 0 Å². The minimum Gasteiger partial charge on any atom is -0.313 e. The fraction of sp³-hybridized carbons (Fsp3) is 0.625. The Morgan fingerprint density at radius 1 is 1.20 bits per heavy atom. The van der Waals surface area contributed by atoms with Crippen molar-refractivity contribution in [3.8, 4) is 0 Å². The first-order valence-corrected chi connectivity index (χ1v) is 9.31. The third-order valence-electron chi connectivity index (χ3n) is 5.42. The van der Waals surface area contributed by atoms with Crippen molar-refractivity contribution in [3.63, 3.8) is 0 Å². The quantitative estimate of drug-likeness (QED) is 0.927. The van der Waals surface area contributed by atoms with E-state index in [1.165, 1.54) is 32.1 Å². The molecule has 4 heteroatoms. The van der Waals surface area contributed by atoms with Gasteiger partial charge < -0.3 is 5.32 Å². The lowest BCUT2D eigenvalue weighted by Crippen LogP contribution is -2.45. The summed E-state index contributed by atoms with van der Waals surface area (Å²) in [5, 5.41) is 3.64. The lowest BCUT2D eigenvalue weighted by molar-refractivity contribution is 0.0989. The van der Waals surface area contributed by atoms with Crippen LogP contribution in [0.25, 0.3) is 0 Å². The van der Waals surface area contributed by atoms with E-state index in [0.717, 1.165) is 12.1 Å². The number of nitrogens with one attached hydrogen (secondary N) is 1. The average Bonchev–Trinajstić information content (AvgIpc) is 3.16. The minimum atomic E-state index is -3.06. The van der Waals surface area contributed by atoms with Gasteiger partial charge in [0.05, 0.1) is 10.6 Å². The van der Waals surface area contributed by atoms with Gasteiger partial charge in [-0.25, -0.2) is 8.42 Å². The predicted octanol–water partition coefficient (Wildman–Crippen LogP) is 2.48.